The van der Waals surface area contributed by atoms with Crippen LogP contribution in [0, 0.1) is 5.41 Å². The highest BCUT2D eigenvalue weighted by Crippen LogP contribution is 2.39. The Labute approximate surface area is 143 Å². The number of hydrogen-bond acceptors (Lipinski definition) is 4. The van der Waals surface area contributed by atoms with Crippen molar-refractivity contribution in [2.45, 2.75) is 70.8 Å². The van der Waals surface area contributed by atoms with Crippen LogP contribution in [0.3, 0.4) is 0 Å². The molecule has 2 aliphatic rings. The van der Waals surface area contributed by atoms with E-state index in [-0.39, 0.29) is 11.3 Å². The van der Waals surface area contributed by atoms with E-state index in [0.29, 0.717) is 19.5 Å². The molecular weight excluding hydrogens is 306 g/mol. The van der Waals surface area contributed by atoms with E-state index in [4.69, 9.17) is 10.7 Å². The van der Waals surface area contributed by atoms with Crippen LogP contribution < -0.4 is 5.73 Å². The van der Waals surface area contributed by atoms with E-state index in [1.165, 1.54) is 49.1 Å². The van der Waals surface area contributed by atoms with Crippen molar-refractivity contribution in [1.29, 1.82) is 0 Å². The molecule has 0 unspecified atom stereocenters. The minimum Gasteiger partial charge on any atom is -0.339 e. The van der Waals surface area contributed by atoms with Crippen LogP contribution in [-0.2, 0) is 24.2 Å². The van der Waals surface area contributed by atoms with E-state index < -0.39 is 0 Å². The van der Waals surface area contributed by atoms with E-state index in [9.17, 15) is 4.79 Å². The summed E-state index contributed by atoms with van der Waals surface area (Å²) < 4.78 is 0. The molecule has 0 bridgehead atoms. The lowest BCUT2D eigenvalue weighted by atomic mass is 9.71. The molecule has 0 aromatic carbocycles. The van der Waals surface area contributed by atoms with Crippen molar-refractivity contribution in [1.82, 2.24) is 9.88 Å². The first-order chi connectivity index (χ1) is 11.1. The van der Waals surface area contributed by atoms with E-state index in [1.807, 2.05) is 11.9 Å². The Kier molecular flexibility index (Phi) is 5.37. The van der Waals surface area contributed by atoms with Crippen molar-refractivity contribution in [2.24, 2.45) is 11.1 Å². The van der Waals surface area contributed by atoms with Gasteiger partial charge in [0, 0.05) is 18.3 Å². The number of carbonyl (C=O) groups excluding carboxylic acids is 1. The lowest BCUT2D eigenvalue weighted by Gasteiger charge is -2.36. The second kappa shape index (κ2) is 7.31. The molecule has 3 rings (SSSR count). The first-order valence-electron chi connectivity index (χ1n) is 9.03. The molecule has 5 heteroatoms. The molecule has 4 nitrogen and oxygen atoms in total. The van der Waals surface area contributed by atoms with Gasteiger partial charge in [-0.2, -0.15) is 0 Å². The molecule has 2 N–H and O–H groups in total. The smallest absolute Gasteiger partial charge is 0.223 e. The monoisotopic (exact) mass is 335 g/mol. The fraction of sp³-hybridized carbons (Fsp3) is 0.778. The molecular formula is C18H29N3OS. The number of aryl methyl sites for hydroxylation is 2. The van der Waals surface area contributed by atoms with Crippen molar-refractivity contribution in [3.05, 3.63) is 15.6 Å². The Morgan fingerprint density at radius 1 is 1.22 bits per heavy atom. The van der Waals surface area contributed by atoms with Gasteiger partial charge in [0.05, 0.1) is 12.2 Å². The van der Waals surface area contributed by atoms with E-state index >= 15 is 0 Å². The first kappa shape index (κ1) is 16.9. The van der Waals surface area contributed by atoms with E-state index in [0.717, 1.165) is 24.3 Å². The van der Waals surface area contributed by atoms with Crippen LogP contribution in [-0.4, -0.2) is 29.4 Å². The van der Waals surface area contributed by atoms with Gasteiger partial charge in [-0.25, -0.2) is 4.98 Å². The summed E-state index contributed by atoms with van der Waals surface area (Å²) in [6, 6.07) is 0. The first-order valence-corrected chi connectivity index (χ1v) is 9.85. The maximum absolute atomic E-state index is 12.7. The minimum atomic E-state index is 0.0473. The molecule has 0 spiro atoms. The molecule has 1 saturated carbocycles. The molecule has 0 atom stereocenters. The zero-order chi connectivity index (χ0) is 16.3. The van der Waals surface area contributed by atoms with Crippen LogP contribution in [0.15, 0.2) is 0 Å². The van der Waals surface area contributed by atoms with Gasteiger partial charge in [-0.1, -0.05) is 19.3 Å². The predicted molar refractivity (Wildman–Crippen MR) is 94.4 cm³/mol. The van der Waals surface area contributed by atoms with Crippen LogP contribution in [0.2, 0.25) is 0 Å². The van der Waals surface area contributed by atoms with Gasteiger partial charge in [0.25, 0.3) is 0 Å². The van der Waals surface area contributed by atoms with Crippen molar-refractivity contribution >= 4 is 17.2 Å². The number of thiazole rings is 1. The van der Waals surface area contributed by atoms with Gasteiger partial charge < -0.3 is 10.6 Å². The highest BCUT2D eigenvalue weighted by Gasteiger charge is 2.34. The summed E-state index contributed by atoms with van der Waals surface area (Å²) >= 11 is 1.80. The van der Waals surface area contributed by atoms with Crippen LogP contribution in [0.25, 0.3) is 0 Å². The van der Waals surface area contributed by atoms with Crippen LogP contribution in [0.4, 0.5) is 0 Å². The number of amides is 1. The summed E-state index contributed by atoms with van der Waals surface area (Å²) in [6.07, 6.45) is 11.3. The Morgan fingerprint density at radius 3 is 2.65 bits per heavy atom. The fourth-order valence-electron chi connectivity index (χ4n) is 3.97. The second-order valence-electron chi connectivity index (χ2n) is 7.38. The molecule has 2 aliphatic carbocycles. The molecule has 1 amide bonds. The highest BCUT2D eigenvalue weighted by molar-refractivity contribution is 7.11. The third-order valence-corrected chi connectivity index (χ3v) is 6.70. The molecule has 1 aromatic heterocycles. The minimum absolute atomic E-state index is 0.0473. The normalized spacial score (nSPS) is 20.1. The highest BCUT2D eigenvalue weighted by atomic mass is 32.1. The van der Waals surface area contributed by atoms with Crippen molar-refractivity contribution < 1.29 is 4.79 Å². The van der Waals surface area contributed by atoms with Gasteiger partial charge in [-0.3, -0.25) is 4.79 Å². The molecule has 23 heavy (non-hydrogen) atoms. The molecule has 0 aliphatic heterocycles. The molecule has 1 aromatic rings. The number of fused-ring (bicyclic) bond motifs is 1. The largest absolute Gasteiger partial charge is 0.339 e. The predicted octanol–water partition coefficient (Wildman–Crippen LogP) is 3.28. The maximum Gasteiger partial charge on any atom is 0.223 e. The van der Waals surface area contributed by atoms with Gasteiger partial charge in [0.15, 0.2) is 0 Å². The lowest BCUT2D eigenvalue weighted by Crippen LogP contribution is -2.39. The molecule has 128 valence electrons. The van der Waals surface area contributed by atoms with E-state index in [2.05, 4.69) is 0 Å². The number of nitrogens with two attached hydrogens (primary N) is 1. The van der Waals surface area contributed by atoms with Crippen molar-refractivity contribution in [3.8, 4) is 0 Å². The molecule has 0 radical (unpaired) electrons. The quantitative estimate of drug-likeness (QED) is 0.898. The fourth-order valence-corrected chi connectivity index (χ4v) is 5.19. The topological polar surface area (TPSA) is 59.2 Å². The molecule has 1 fully saturated rings. The number of nitrogens with zero attached hydrogens (tertiary/aromatic N) is 2. The maximum atomic E-state index is 12.7. The summed E-state index contributed by atoms with van der Waals surface area (Å²) in [7, 11) is 1.91. The number of rotatable bonds is 5. The number of hydrogen-bond donors (Lipinski definition) is 1. The molecule has 0 saturated heterocycles. The number of aromatic nitrogens is 1. The standard InChI is InChI=1S/C18H29N3OS/c1-21(12-16-20-14-7-3-4-8-15(14)23-16)17(22)11-18(13-19)9-5-2-6-10-18/h2-13,19H2,1H3. The van der Waals surface area contributed by atoms with E-state index in [1.54, 1.807) is 11.3 Å². The summed E-state index contributed by atoms with van der Waals surface area (Å²) in [5, 5.41) is 1.10. The number of carbonyl (C=O) groups is 1. The summed E-state index contributed by atoms with van der Waals surface area (Å²) in [5.41, 5.74) is 7.35. The van der Waals surface area contributed by atoms with Gasteiger partial charge in [-0.15, -0.1) is 11.3 Å². The van der Waals surface area contributed by atoms with Crippen LogP contribution in [0.1, 0.15) is 66.9 Å². The second-order valence-corrected chi connectivity index (χ2v) is 8.54. The Hall–Kier alpha value is -0.940. The Bertz CT molecular complexity index is 525. The zero-order valence-electron chi connectivity index (χ0n) is 14.3. The van der Waals surface area contributed by atoms with Gasteiger partial charge in [-0.05, 0) is 50.5 Å². The zero-order valence-corrected chi connectivity index (χ0v) is 15.1. The SMILES string of the molecule is CN(Cc1nc2c(s1)CCCC2)C(=O)CC1(CN)CCCCC1. The van der Waals surface area contributed by atoms with Crippen molar-refractivity contribution in [2.75, 3.05) is 13.6 Å². The van der Waals surface area contributed by atoms with Gasteiger partial charge in [0.2, 0.25) is 5.91 Å². The third-order valence-electron chi connectivity index (χ3n) is 5.56. The van der Waals surface area contributed by atoms with Gasteiger partial charge in [0.1, 0.15) is 5.01 Å². The Morgan fingerprint density at radius 2 is 1.96 bits per heavy atom. The average Bonchev–Trinajstić information content (AvgIpc) is 2.97. The van der Waals surface area contributed by atoms with Crippen molar-refractivity contribution in [3.63, 3.8) is 0 Å². The van der Waals surface area contributed by atoms with Crippen LogP contribution >= 0.6 is 11.3 Å². The third kappa shape index (κ3) is 3.94. The summed E-state index contributed by atoms with van der Waals surface area (Å²) in [6.45, 7) is 1.29. The summed E-state index contributed by atoms with van der Waals surface area (Å²) in [5.74, 6) is 0.227. The lowest BCUT2D eigenvalue weighted by molar-refractivity contribution is -0.133. The van der Waals surface area contributed by atoms with Crippen LogP contribution in [0.5, 0.6) is 0 Å². The Balaban J connectivity index is 1.59. The average molecular weight is 336 g/mol. The summed E-state index contributed by atoms with van der Waals surface area (Å²) in [4.78, 5) is 20.7. The van der Waals surface area contributed by atoms with Gasteiger partial charge >= 0.3 is 0 Å². The molecule has 1 heterocycles.